The fraction of sp³-hybridized carbons (Fsp3) is 0.0698. The molecular weight excluding hydrogens is 601 g/mol. The maximum absolute atomic E-state index is 9.99. The first-order chi connectivity index (χ1) is 24.2. The molecule has 9 rings (SSSR count). The molecule has 6 heteroatoms. The molecule has 7 aromatic rings. The zero-order valence-corrected chi connectivity index (χ0v) is 26.5. The number of nitriles is 2. The minimum absolute atomic E-state index is 0.0223. The molecule has 0 N–H and O–H groups in total. The second-order valence-corrected chi connectivity index (χ2v) is 12.3. The molecule has 49 heavy (non-hydrogen) atoms. The first kappa shape index (κ1) is 28.5. The third kappa shape index (κ3) is 4.62. The summed E-state index contributed by atoms with van der Waals surface area (Å²) in [6.07, 6.45) is 6.86. The Labute approximate surface area is 283 Å². The average molecular weight is 629 g/mol. The van der Waals surface area contributed by atoms with Gasteiger partial charge in [0.05, 0.1) is 28.0 Å². The molecule has 1 aliphatic carbocycles. The Kier molecular flexibility index (Phi) is 6.67. The van der Waals surface area contributed by atoms with Crippen molar-refractivity contribution in [2.24, 2.45) is 9.98 Å². The summed E-state index contributed by atoms with van der Waals surface area (Å²) in [6.45, 7) is 0. The van der Waals surface area contributed by atoms with Crippen LogP contribution < -0.4 is 0 Å². The highest BCUT2D eigenvalue weighted by Crippen LogP contribution is 2.35. The van der Waals surface area contributed by atoms with E-state index in [-0.39, 0.29) is 11.4 Å². The second kappa shape index (κ2) is 11.5. The highest BCUT2D eigenvalue weighted by Gasteiger charge is 2.21. The van der Waals surface area contributed by atoms with E-state index in [1.165, 1.54) is 32.9 Å². The Morgan fingerprint density at radius 1 is 0.531 bits per heavy atom. The van der Waals surface area contributed by atoms with Gasteiger partial charge >= 0.3 is 0 Å². The Balaban J connectivity index is 1.09. The molecule has 0 saturated heterocycles. The lowest BCUT2D eigenvalue weighted by Gasteiger charge is -2.14. The molecular formula is C43H28N6. The molecule has 0 radical (unpaired) electrons. The van der Waals surface area contributed by atoms with Gasteiger partial charge in [0.25, 0.3) is 0 Å². The van der Waals surface area contributed by atoms with E-state index in [1.807, 2.05) is 12.1 Å². The number of para-hydroxylation sites is 3. The number of fused-ring (bicyclic) bond motifs is 6. The molecule has 0 saturated carbocycles. The van der Waals surface area contributed by atoms with Crippen molar-refractivity contribution >= 4 is 50.2 Å². The number of aliphatic imine (C=N–C) groups is 2. The Hall–Kier alpha value is -6.76. The highest BCUT2D eigenvalue weighted by atomic mass is 15.0. The van der Waals surface area contributed by atoms with Gasteiger partial charge in [-0.2, -0.15) is 10.5 Å². The van der Waals surface area contributed by atoms with E-state index in [9.17, 15) is 10.5 Å². The second-order valence-electron chi connectivity index (χ2n) is 12.3. The number of benzene rings is 5. The molecule has 0 atom stereocenters. The Morgan fingerprint density at radius 2 is 1.00 bits per heavy atom. The summed E-state index contributed by atoms with van der Waals surface area (Å²) in [5.74, 6) is 0. The fourth-order valence-electron chi connectivity index (χ4n) is 7.38. The van der Waals surface area contributed by atoms with Crippen molar-refractivity contribution in [1.29, 1.82) is 10.5 Å². The van der Waals surface area contributed by atoms with Crippen molar-refractivity contribution in [1.82, 2.24) is 9.13 Å². The van der Waals surface area contributed by atoms with Crippen molar-refractivity contribution in [2.75, 3.05) is 0 Å². The minimum Gasteiger partial charge on any atom is -0.313 e. The maximum atomic E-state index is 9.99. The highest BCUT2D eigenvalue weighted by molar-refractivity contribution is 6.19. The van der Waals surface area contributed by atoms with E-state index in [4.69, 9.17) is 9.98 Å². The SMILES string of the molecule is N#CC1=C(C#N)N=C(c2ccc(-n3c4ccccc4c4ccccc43)cc2)CC(c2ccc(-n3c4c(c5ccccc53)C=CCC4)cc2)=N1. The van der Waals surface area contributed by atoms with Gasteiger partial charge in [-0.15, -0.1) is 0 Å². The van der Waals surface area contributed by atoms with Crippen LogP contribution >= 0.6 is 0 Å². The maximum Gasteiger partial charge on any atom is 0.177 e. The third-order valence-corrected chi connectivity index (χ3v) is 9.61. The summed E-state index contributed by atoms with van der Waals surface area (Å²) in [6, 6.07) is 46.3. The van der Waals surface area contributed by atoms with Crippen LogP contribution in [-0.4, -0.2) is 20.6 Å². The van der Waals surface area contributed by atoms with Gasteiger partial charge in [0.15, 0.2) is 11.4 Å². The lowest BCUT2D eigenvalue weighted by molar-refractivity contribution is 0.888. The Bertz CT molecular complexity index is 2630. The number of allylic oxidation sites excluding steroid dienone is 3. The summed E-state index contributed by atoms with van der Waals surface area (Å²) in [7, 11) is 0. The van der Waals surface area contributed by atoms with Crippen LogP contribution in [-0.2, 0) is 6.42 Å². The van der Waals surface area contributed by atoms with Crippen molar-refractivity contribution in [3.05, 3.63) is 161 Å². The molecule has 1 aliphatic heterocycles. The van der Waals surface area contributed by atoms with Gasteiger partial charge in [0.1, 0.15) is 12.1 Å². The molecule has 2 aliphatic rings. The van der Waals surface area contributed by atoms with Crippen LogP contribution in [0, 0.1) is 22.7 Å². The van der Waals surface area contributed by atoms with Gasteiger partial charge in [-0.05, 0) is 66.4 Å². The summed E-state index contributed by atoms with van der Waals surface area (Å²) in [5, 5.41) is 23.6. The molecule has 5 aromatic carbocycles. The van der Waals surface area contributed by atoms with Crippen LogP contribution in [0.5, 0.6) is 0 Å². The molecule has 2 aromatic heterocycles. The molecule has 3 heterocycles. The van der Waals surface area contributed by atoms with E-state index in [1.54, 1.807) is 0 Å². The van der Waals surface area contributed by atoms with Crippen molar-refractivity contribution in [3.63, 3.8) is 0 Å². The molecule has 0 bridgehead atoms. The van der Waals surface area contributed by atoms with Crippen molar-refractivity contribution in [2.45, 2.75) is 19.3 Å². The third-order valence-electron chi connectivity index (χ3n) is 9.61. The normalized spacial score (nSPS) is 14.3. The van der Waals surface area contributed by atoms with E-state index in [0.717, 1.165) is 46.4 Å². The largest absolute Gasteiger partial charge is 0.313 e. The molecule has 0 unspecified atom stereocenters. The average Bonchev–Trinajstić information content (AvgIpc) is 3.60. The number of nitrogens with zero attached hydrogens (tertiary/aromatic N) is 6. The summed E-state index contributed by atoms with van der Waals surface area (Å²) >= 11 is 0. The van der Waals surface area contributed by atoms with Crippen LogP contribution in [0.3, 0.4) is 0 Å². The fourth-order valence-corrected chi connectivity index (χ4v) is 7.38. The lowest BCUT2D eigenvalue weighted by Crippen LogP contribution is -2.11. The smallest absolute Gasteiger partial charge is 0.177 e. The molecule has 0 spiro atoms. The first-order valence-corrected chi connectivity index (χ1v) is 16.4. The van der Waals surface area contributed by atoms with Gasteiger partial charge in [-0.25, -0.2) is 9.98 Å². The van der Waals surface area contributed by atoms with E-state index >= 15 is 0 Å². The summed E-state index contributed by atoms with van der Waals surface area (Å²) in [4.78, 5) is 9.42. The van der Waals surface area contributed by atoms with Crippen LogP contribution in [0.2, 0.25) is 0 Å². The Morgan fingerprint density at radius 3 is 1.53 bits per heavy atom. The first-order valence-electron chi connectivity index (χ1n) is 16.4. The van der Waals surface area contributed by atoms with Gasteiger partial charge < -0.3 is 9.13 Å². The lowest BCUT2D eigenvalue weighted by atomic mass is 9.99. The van der Waals surface area contributed by atoms with Crippen molar-refractivity contribution < 1.29 is 0 Å². The standard InChI is InChI=1S/C43H28N6/c44-26-38-39(27-45)47-37(29-19-23-31(24-20-29)49-42-15-7-3-11-34(42)35-12-4-8-16-43(35)49)25-36(46-38)28-17-21-30(22-18-28)48-40-13-5-1-9-32(40)33-10-2-6-14-41(33)48/h1-7,9-15,17-24H,8,16,25H2. The topological polar surface area (TPSA) is 82.2 Å². The molecule has 0 amide bonds. The van der Waals surface area contributed by atoms with Gasteiger partial charge in [-0.1, -0.05) is 91.0 Å². The zero-order valence-electron chi connectivity index (χ0n) is 26.5. The number of hydrogen-bond acceptors (Lipinski definition) is 4. The van der Waals surface area contributed by atoms with Gasteiger partial charge in [0.2, 0.25) is 0 Å². The minimum atomic E-state index is 0.0223. The predicted octanol–water partition coefficient (Wildman–Crippen LogP) is 9.63. The quantitative estimate of drug-likeness (QED) is 0.194. The van der Waals surface area contributed by atoms with E-state index in [2.05, 4.69) is 143 Å². The molecule has 230 valence electrons. The summed E-state index contributed by atoms with van der Waals surface area (Å²) < 4.78 is 4.63. The summed E-state index contributed by atoms with van der Waals surface area (Å²) in [5.41, 5.74) is 11.4. The zero-order chi connectivity index (χ0) is 32.9. The van der Waals surface area contributed by atoms with Crippen LogP contribution in [0.15, 0.2) is 149 Å². The van der Waals surface area contributed by atoms with Crippen molar-refractivity contribution in [3.8, 4) is 23.5 Å². The molecule has 0 fully saturated rings. The predicted molar refractivity (Wildman–Crippen MR) is 197 cm³/mol. The number of aromatic nitrogens is 2. The van der Waals surface area contributed by atoms with E-state index < -0.39 is 0 Å². The molecule has 6 nitrogen and oxygen atoms in total. The van der Waals surface area contributed by atoms with Gasteiger partial charge in [-0.3, -0.25) is 0 Å². The van der Waals surface area contributed by atoms with Crippen LogP contribution in [0.1, 0.15) is 35.2 Å². The monoisotopic (exact) mass is 628 g/mol. The van der Waals surface area contributed by atoms with Crippen LogP contribution in [0.4, 0.5) is 0 Å². The van der Waals surface area contributed by atoms with Crippen LogP contribution in [0.25, 0.3) is 50.2 Å². The number of rotatable bonds is 4. The van der Waals surface area contributed by atoms with Gasteiger partial charge in [0, 0.05) is 45.2 Å². The van der Waals surface area contributed by atoms with E-state index in [0.29, 0.717) is 17.8 Å². The number of hydrogen-bond donors (Lipinski definition) is 0.